The van der Waals surface area contributed by atoms with Gasteiger partial charge in [0.1, 0.15) is 5.82 Å². The van der Waals surface area contributed by atoms with Crippen LogP contribution in [0.2, 0.25) is 0 Å². The lowest BCUT2D eigenvalue weighted by atomic mass is 10.1. The zero-order chi connectivity index (χ0) is 12.3. The molecule has 94 valence electrons. The van der Waals surface area contributed by atoms with Gasteiger partial charge in [-0.15, -0.1) is 0 Å². The lowest BCUT2D eigenvalue weighted by Crippen LogP contribution is -2.45. The highest BCUT2D eigenvalue weighted by atomic mass is 19.1. The highest BCUT2D eigenvalue weighted by Gasteiger charge is 2.15. The van der Waals surface area contributed by atoms with Crippen molar-refractivity contribution in [1.82, 2.24) is 9.80 Å². The van der Waals surface area contributed by atoms with Crippen LogP contribution >= 0.6 is 0 Å². The van der Waals surface area contributed by atoms with Gasteiger partial charge in [0.2, 0.25) is 0 Å². The van der Waals surface area contributed by atoms with Crippen LogP contribution in [0, 0.1) is 12.7 Å². The number of aryl methyl sites for hydroxylation is 1. The van der Waals surface area contributed by atoms with Crippen molar-refractivity contribution in [3.63, 3.8) is 0 Å². The summed E-state index contributed by atoms with van der Waals surface area (Å²) in [6, 6.07) is 5.43. The summed E-state index contributed by atoms with van der Waals surface area (Å²) in [5.74, 6) is -0.107. The van der Waals surface area contributed by atoms with Gasteiger partial charge in [0.25, 0.3) is 0 Å². The number of nitrogens with zero attached hydrogens (tertiary/aromatic N) is 2. The Hall–Kier alpha value is -0.930. The molecule has 0 spiro atoms. The lowest BCUT2D eigenvalue weighted by Gasteiger charge is -2.34. The summed E-state index contributed by atoms with van der Waals surface area (Å²) in [5.41, 5.74) is 1.96. The molecule has 17 heavy (non-hydrogen) atoms. The summed E-state index contributed by atoms with van der Waals surface area (Å²) < 4.78 is 13.2. The van der Waals surface area contributed by atoms with Gasteiger partial charge in [-0.25, -0.2) is 4.39 Å². The predicted molar refractivity (Wildman–Crippen MR) is 68.5 cm³/mol. The minimum atomic E-state index is -0.107. The third-order valence-electron chi connectivity index (χ3n) is 3.54. The van der Waals surface area contributed by atoms with Crippen molar-refractivity contribution in [2.45, 2.75) is 20.4 Å². The molecule has 1 saturated heterocycles. The summed E-state index contributed by atoms with van der Waals surface area (Å²) in [5, 5.41) is 0. The number of hydrogen-bond donors (Lipinski definition) is 0. The van der Waals surface area contributed by atoms with Crippen molar-refractivity contribution in [1.29, 1.82) is 0 Å². The standard InChI is InChI=1S/C14H21FN2/c1-3-16-6-8-17(9-7-16)11-13-4-5-14(15)12(2)10-13/h4-5,10H,3,6-9,11H2,1-2H3. The van der Waals surface area contributed by atoms with Crippen LogP contribution in [-0.2, 0) is 6.54 Å². The van der Waals surface area contributed by atoms with E-state index in [0.717, 1.165) is 44.8 Å². The van der Waals surface area contributed by atoms with Crippen LogP contribution in [0.1, 0.15) is 18.1 Å². The van der Waals surface area contributed by atoms with Gasteiger partial charge in [-0.05, 0) is 30.7 Å². The van der Waals surface area contributed by atoms with Crippen molar-refractivity contribution < 1.29 is 4.39 Å². The molecular weight excluding hydrogens is 215 g/mol. The molecule has 2 nitrogen and oxygen atoms in total. The van der Waals surface area contributed by atoms with Gasteiger partial charge in [-0.2, -0.15) is 0 Å². The number of rotatable bonds is 3. The van der Waals surface area contributed by atoms with E-state index in [0.29, 0.717) is 0 Å². The molecule has 1 aliphatic rings. The summed E-state index contributed by atoms with van der Waals surface area (Å²) >= 11 is 0. The smallest absolute Gasteiger partial charge is 0.126 e. The third-order valence-corrected chi connectivity index (χ3v) is 3.54. The first kappa shape index (κ1) is 12.5. The van der Waals surface area contributed by atoms with Crippen LogP contribution in [0.15, 0.2) is 18.2 Å². The molecule has 0 atom stereocenters. The van der Waals surface area contributed by atoms with E-state index in [4.69, 9.17) is 0 Å². The SMILES string of the molecule is CCN1CCN(Cc2ccc(F)c(C)c2)CC1. The maximum Gasteiger partial charge on any atom is 0.126 e. The number of halogens is 1. The molecule has 0 amide bonds. The van der Waals surface area contributed by atoms with E-state index >= 15 is 0 Å². The Morgan fingerprint density at radius 1 is 1.12 bits per heavy atom. The van der Waals surface area contributed by atoms with Gasteiger partial charge >= 0.3 is 0 Å². The quantitative estimate of drug-likeness (QED) is 0.794. The first-order valence-electron chi connectivity index (χ1n) is 6.39. The Bertz CT molecular complexity index is 370. The van der Waals surface area contributed by atoms with Gasteiger partial charge in [0.15, 0.2) is 0 Å². The van der Waals surface area contributed by atoms with E-state index in [1.54, 1.807) is 6.07 Å². The summed E-state index contributed by atoms with van der Waals surface area (Å²) in [7, 11) is 0. The van der Waals surface area contributed by atoms with Crippen molar-refractivity contribution in [2.75, 3.05) is 32.7 Å². The Kier molecular flexibility index (Phi) is 4.13. The molecule has 0 saturated carbocycles. The number of piperazine rings is 1. The molecular formula is C14H21FN2. The highest BCUT2D eigenvalue weighted by molar-refractivity contribution is 5.23. The summed E-state index contributed by atoms with van der Waals surface area (Å²) in [4.78, 5) is 4.91. The van der Waals surface area contributed by atoms with Crippen LogP contribution in [0.25, 0.3) is 0 Å². The highest BCUT2D eigenvalue weighted by Crippen LogP contribution is 2.12. The molecule has 1 aromatic carbocycles. The fraction of sp³-hybridized carbons (Fsp3) is 0.571. The zero-order valence-electron chi connectivity index (χ0n) is 10.7. The van der Waals surface area contributed by atoms with E-state index in [-0.39, 0.29) is 5.82 Å². The number of benzene rings is 1. The van der Waals surface area contributed by atoms with E-state index in [1.165, 1.54) is 5.56 Å². The average molecular weight is 236 g/mol. The van der Waals surface area contributed by atoms with Crippen LogP contribution in [-0.4, -0.2) is 42.5 Å². The van der Waals surface area contributed by atoms with Gasteiger partial charge in [-0.3, -0.25) is 4.90 Å². The van der Waals surface area contributed by atoms with Crippen molar-refractivity contribution in [3.8, 4) is 0 Å². The minimum absolute atomic E-state index is 0.107. The maximum atomic E-state index is 13.2. The van der Waals surface area contributed by atoms with Crippen molar-refractivity contribution in [3.05, 3.63) is 35.1 Å². The molecule has 0 bridgehead atoms. The van der Waals surface area contributed by atoms with Crippen LogP contribution in [0.4, 0.5) is 4.39 Å². The van der Waals surface area contributed by atoms with E-state index in [9.17, 15) is 4.39 Å². The van der Waals surface area contributed by atoms with E-state index in [1.807, 2.05) is 19.1 Å². The third kappa shape index (κ3) is 3.27. The van der Waals surface area contributed by atoms with Crippen molar-refractivity contribution in [2.24, 2.45) is 0 Å². The second kappa shape index (κ2) is 5.61. The van der Waals surface area contributed by atoms with Gasteiger partial charge < -0.3 is 4.90 Å². The van der Waals surface area contributed by atoms with Gasteiger partial charge in [0.05, 0.1) is 0 Å². The largest absolute Gasteiger partial charge is 0.301 e. The number of hydrogen-bond acceptors (Lipinski definition) is 2. The molecule has 0 N–H and O–H groups in total. The van der Waals surface area contributed by atoms with Crippen LogP contribution in [0.5, 0.6) is 0 Å². The Morgan fingerprint density at radius 2 is 1.76 bits per heavy atom. The molecule has 0 aromatic heterocycles. The van der Waals surface area contributed by atoms with Crippen LogP contribution in [0.3, 0.4) is 0 Å². The van der Waals surface area contributed by atoms with E-state index < -0.39 is 0 Å². The molecule has 0 aliphatic carbocycles. The lowest BCUT2D eigenvalue weighted by molar-refractivity contribution is 0.132. The average Bonchev–Trinajstić information content (AvgIpc) is 2.35. The fourth-order valence-electron chi connectivity index (χ4n) is 2.33. The Morgan fingerprint density at radius 3 is 2.35 bits per heavy atom. The van der Waals surface area contributed by atoms with Crippen molar-refractivity contribution >= 4 is 0 Å². The maximum absolute atomic E-state index is 13.2. The molecule has 1 aliphatic heterocycles. The Labute approximate surface area is 103 Å². The predicted octanol–water partition coefficient (Wildman–Crippen LogP) is 2.27. The summed E-state index contributed by atoms with van der Waals surface area (Å²) in [6.45, 7) is 10.6. The zero-order valence-corrected chi connectivity index (χ0v) is 10.7. The second-order valence-corrected chi connectivity index (χ2v) is 4.79. The molecule has 1 fully saturated rings. The molecule has 0 radical (unpaired) electrons. The molecule has 1 aromatic rings. The topological polar surface area (TPSA) is 6.48 Å². The summed E-state index contributed by atoms with van der Waals surface area (Å²) in [6.07, 6.45) is 0. The minimum Gasteiger partial charge on any atom is -0.301 e. The normalized spacial score (nSPS) is 18.5. The molecule has 3 heteroatoms. The monoisotopic (exact) mass is 236 g/mol. The molecule has 1 heterocycles. The molecule has 0 unspecified atom stereocenters. The second-order valence-electron chi connectivity index (χ2n) is 4.79. The molecule has 2 rings (SSSR count). The number of likely N-dealkylation sites (N-methyl/N-ethyl adjacent to an activating group) is 1. The van der Waals surface area contributed by atoms with Gasteiger partial charge in [0, 0.05) is 32.7 Å². The first-order chi connectivity index (χ1) is 8.19. The van der Waals surface area contributed by atoms with Crippen LogP contribution < -0.4 is 0 Å². The fourth-order valence-corrected chi connectivity index (χ4v) is 2.33. The van der Waals surface area contributed by atoms with Gasteiger partial charge in [-0.1, -0.05) is 19.1 Å². The Balaban J connectivity index is 1.91. The van der Waals surface area contributed by atoms with E-state index in [2.05, 4.69) is 16.7 Å². The first-order valence-corrected chi connectivity index (χ1v) is 6.39.